The van der Waals surface area contributed by atoms with Gasteiger partial charge in [-0.15, -0.1) is 0 Å². The fourth-order valence-electron chi connectivity index (χ4n) is 0. The summed E-state index contributed by atoms with van der Waals surface area (Å²) in [5.41, 5.74) is 0. The van der Waals surface area contributed by atoms with Crippen LogP contribution in [0.4, 0.5) is 0 Å². The average molecular weight is 268 g/mol. The third kappa shape index (κ3) is 64.8. The van der Waals surface area contributed by atoms with Crippen LogP contribution in [0.1, 0.15) is 40.5 Å². The van der Waals surface area contributed by atoms with Gasteiger partial charge in [0.1, 0.15) is 0 Å². The molecule has 13 heavy (non-hydrogen) atoms. The molecule has 0 fully saturated rings. The average Bonchev–Trinajstić information content (AvgIpc) is 1.89. The molecule has 0 aliphatic heterocycles. The molecule has 2 nitrogen and oxygen atoms in total. The van der Waals surface area contributed by atoms with Crippen molar-refractivity contribution in [3.8, 4) is 0 Å². The maximum atomic E-state index is 3.69. The van der Waals surface area contributed by atoms with E-state index in [0.717, 1.165) is 24.7 Å². The van der Waals surface area contributed by atoms with Crippen molar-refractivity contribution in [1.29, 1.82) is 0 Å². The SMILES string of the molecule is [CH2-]CC(C)C.[CH2-]CC(C)C.[OH-].[OH-].[Zr+4]. The summed E-state index contributed by atoms with van der Waals surface area (Å²) in [4.78, 5) is 0. The molecule has 0 saturated carbocycles. The zero-order valence-corrected chi connectivity index (χ0v) is 11.8. The normalized spacial score (nSPS) is 7.38. The molecular weight excluding hydrogens is 243 g/mol. The molecule has 0 heterocycles. The molecular formula is C10H24O2Zr. The Morgan fingerprint density at radius 3 is 0.846 bits per heavy atom. The van der Waals surface area contributed by atoms with Crippen molar-refractivity contribution in [3.05, 3.63) is 13.8 Å². The third-order valence-electron chi connectivity index (χ3n) is 1.15. The molecule has 80 valence electrons. The Balaban J connectivity index is -0.0000000267. The van der Waals surface area contributed by atoms with Crippen molar-refractivity contribution in [1.82, 2.24) is 0 Å². The summed E-state index contributed by atoms with van der Waals surface area (Å²) >= 11 is 0. The van der Waals surface area contributed by atoms with Gasteiger partial charge >= 0.3 is 26.2 Å². The van der Waals surface area contributed by atoms with Crippen molar-refractivity contribution in [2.45, 2.75) is 40.5 Å². The number of hydrogen-bond donors (Lipinski definition) is 0. The van der Waals surface area contributed by atoms with E-state index in [4.69, 9.17) is 0 Å². The Kier molecular flexibility index (Phi) is 51.7. The standard InChI is InChI=1S/2C5H11.2H2O.Zr/c2*1-4-5(2)3;;;/h2*5H,1,4H2,2-3H3;2*1H2;/q2*-1;;;+4/p-2. The topological polar surface area (TPSA) is 60.0 Å². The van der Waals surface area contributed by atoms with Crippen molar-refractivity contribution in [2.24, 2.45) is 11.8 Å². The summed E-state index contributed by atoms with van der Waals surface area (Å²) in [5.74, 6) is 1.55. The summed E-state index contributed by atoms with van der Waals surface area (Å²) in [6.07, 6.45) is 2.11. The molecule has 0 unspecified atom stereocenters. The first-order chi connectivity index (χ1) is 4.54. The van der Waals surface area contributed by atoms with Gasteiger partial charge in [0.05, 0.1) is 0 Å². The van der Waals surface area contributed by atoms with Crippen molar-refractivity contribution in [2.75, 3.05) is 0 Å². The summed E-state index contributed by atoms with van der Waals surface area (Å²) in [7, 11) is 0. The van der Waals surface area contributed by atoms with Gasteiger partial charge < -0.3 is 24.8 Å². The van der Waals surface area contributed by atoms with Gasteiger partial charge in [0.2, 0.25) is 0 Å². The van der Waals surface area contributed by atoms with Gasteiger partial charge in [-0.3, -0.25) is 0 Å². The monoisotopic (exact) mass is 266 g/mol. The Hall–Kier alpha value is 0.803. The third-order valence-corrected chi connectivity index (χ3v) is 1.15. The van der Waals surface area contributed by atoms with E-state index in [0.29, 0.717) is 0 Å². The molecule has 0 rings (SSSR count). The minimum absolute atomic E-state index is 0. The summed E-state index contributed by atoms with van der Waals surface area (Å²) in [6.45, 7) is 16.0. The Labute approximate surface area is 103 Å². The molecule has 0 amide bonds. The molecule has 0 aliphatic carbocycles. The van der Waals surface area contributed by atoms with Crippen LogP contribution in [0.2, 0.25) is 0 Å². The molecule has 0 bridgehead atoms. The van der Waals surface area contributed by atoms with Gasteiger partial charge in [0.15, 0.2) is 0 Å². The van der Waals surface area contributed by atoms with Gasteiger partial charge in [-0.1, -0.05) is 39.5 Å². The smallest absolute Gasteiger partial charge is 0.870 e. The first-order valence-electron chi connectivity index (χ1n) is 4.13. The molecule has 0 spiro atoms. The number of hydrogen-bond acceptors (Lipinski definition) is 2. The molecule has 0 saturated heterocycles. The van der Waals surface area contributed by atoms with Crippen LogP contribution < -0.4 is 0 Å². The Morgan fingerprint density at radius 1 is 0.769 bits per heavy atom. The first kappa shape index (κ1) is 29.2. The van der Waals surface area contributed by atoms with E-state index in [-0.39, 0.29) is 37.2 Å². The second-order valence-corrected chi connectivity index (χ2v) is 3.37. The van der Waals surface area contributed by atoms with Crippen LogP contribution in [-0.2, 0) is 26.2 Å². The maximum absolute atomic E-state index is 3.69. The Bertz CT molecular complexity index is 48.9. The zero-order chi connectivity index (χ0) is 8.57. The van der Waals surface area contributed by atoms with E-state index in [1.54, 1.807) is 0 Å². The molecule has 0 aliphatic rings. The van der Waals surface area contributed by atoms with Crippen LogP contribution in [-0.4, -0.2) is 11.0 Å². The summed E-state index contributed by atoms with van der Waals surface area (Å²) in [6, 6.07) is 0. The van der Waals surface area contributed by atoms with E-state index in [2.05, 4.69) is 41.5 Å². The molecule has 0 aromatic heterocycles. The summed E-state index contributed by atoms with van der Waals surface area (Å²) < 4.78 is 0. The van der Waals surface area contributed by atoms with Crippen LogP contribution >= 0.6 is 0 Å². The van der Waals surface area contributed by atoms with Crippen LogP contribution in [0.5, 0.6) is 0 Å². The molecule has 0 atom stereocenters. The molecule has 3 heteroatoms. The van der Waals surface area contributed by atoms with Gasteiger partial charge in [-0.05, 0) is 0 Å². The minimum Gasteiger partial charge on any atom is -0.870 e. The minimum atomic E-state index is 0. The first-order valence-corrected chi connectivity index (χ1v) is 4.13. The predicted octanol–water partition coefficient (Wildman–Crippen LogP) is 3.38. The van der Waals surface area contributed by atoms with Gasteiger partial charge in [-0.25, -0.2) is 0 Å². The molecule has 0 aromatic rings. The fraction of sp³-hybridized carbons (Fsp3) is 0.800. The number of rotatable bonds is 2. The van der Waals surface area contributed by atoms with Crippen LogP contribution in [0.15, 0.2) is 0 Å². The van der Waals surface area contributed by atoms with E-state index in [9.17, 15) is 0 Å². The second kappa shape index (κ2) is 23.0. The largest absolute Gasteiger partial charge is 4.00 e. The summed E-state index contributed by atoms with van der Waals surface area (Å²) in [5, 5.41) is 0. The van der Waals surface area contributed by atoms with Crippen LogP contribution in [0.3, 0.4) is 0 Å². The van der Waals surface area contributed by atoms with E-state index >= 15 is 0 Å². The van der Waals surface area contributed by atoms with E-state index in [1.165, 1.54) is 0 Å². The van der Waals surface area contributed by atoms with Crippen molar-refractivity contribution < 1.29 is 37.2 Å². The van der Waals surface area contributed by atoms with E-state index < -0.39 is 0 Å². The van der Waals surface area contributed by atoms with Crippen LogP contribution in [0, 0.1) is 25.7 Å². The maximum Gasteiger partial charge on any atom is 4.00 e. The quantitative estimate of drug-likeness (QED) is 0.720. The van der Waals surface area contributed by atoms with E-state index in [1.807, 2.05) is 0 Å². The fourth-order valence-corrected chi connectivity index (χ4v) is 0. The van der Waals surface area contributed by atoms with Gasteiger partial charge in [0.25, 0.3) is 0 Å². The second-order valence-electron chi connectivity index (χ2n) is 3.37. The van der Waals surface area contributed by atoms with Crippen LogP contribution in [0.25, 0.3) is 0 Å². The van der Waals surface area contributed by atoms with Crippen molar-refractivity contribution >= 4 is 0 Å². The molecule has 2 N–H and O–H groups in total. The van der Waals surface area contributed by atoms with Crippen molar-refractivity contribution in [3.63, 3.8) is 0 Å². The van der Waals surface area contributed by atoms with Gasteiger partial charge in [-0.2, -0.15) is 12.8 Å². The molecule has 0 aromatic carbocycles. The molecule has 0 radical (unpaired) electrons. The zero-order valence-electron chi connectivity index (χ0n) is 9.38. The predicted molar refractivity (Wildman–Crippen MR) is 53.5 cm³/mol. The van der Waals surface area contributed by atoms with Gasteiger partial charge in [0, 0.05) is 0 Å². The Morgan fingerprint density at radius 2 is 0.846 bits per heavy atom.